The molecule has 3 rings (SSSR count). The van der Waals surface area contributed by atoms with Crippen LogP contribution in [0.1, 0.15) is 32.3 Å². The van der Waals surface area contributed by atoms with Gasteiger partial charge in [-0.15, -0.1) is 0 Å². The highest BCUT2D eigenvalue weighted by Crippen LogP contribution is 2.25. The van der Waals surface area contributed by atoms with Crippen molar-refractivity contribution in [3.05, 3.63) is 29.8 Å². The molecule has 1 N–H and O–H groups in total. The van der Waals surface area contributed by atoms with Crippen molar-refractivity contribution >= 4 is 11.7 Å². The van der Waals surface area contributed by atoms with Crippen LogP contribution in [0.25, 0.3) is 0 Å². The van der Waals surface area contributed by atoms with Crippen molar-refractivity contribution in [1.82, 2.24) is 10.2 Å². The van der Waals surface area contributed by atoms with E-state index < -0.39 is 0 Å². The minimum atomic E-state index is 0.147. The van der Waals surface area contributed by atoms with Gasteiger partial charge in [0, 0.05) is 24.8 Å². The lowest BCUT2D eigenvalue weighted by molar-refractivity contribution is 0.209. The summed E-state index contributed by atoms with van der Waals surface area (Å²) in [6.07, 6.45) is 3.65. The van der Waals surface area contributed by atoms with E-state index in [4.69, 9.17) is 0 Å². The lowest BCUT2D eigenvalue weighted by Gasteiger charge is -2.24. The van der Waals surface area contributed by atoms with Crippen LogP contribution < -0.4 is 10.2 Å². The van der Waals surface area contributed by atoms with Crippen LogP contribution in [-0.2, 0) is 6.42 Å². The Bertz CT molecular complexity index is 523. The Kier molecular flexibility index (Phi) is 4.67. The molecule has 0 bridgehead atoms. The van der Waals surface area contributed by atoms with Crippen LogP contribution in [0.4, 0.5) is 10.5 Å². The minimum absolute atomic E-state index is 0.147. The van der Waals surface area contributed by atoms with E-state index in [1.54, 1.807) is 0 Å². The number of hydrogen-bond acceptors (Lipinski definition) is 2. The monoisotopic (exact) mass is 301 g/mol. The summed E-state index contributed by atoms with van der Waals surface area (Å²) in [5.41, 5.74) is 2.42. The Labute approximate surface area is 133 Å². The molecule has 1 aromatic rings. The summed E-state index contributed by atoms with van der Waals surface area (Å²) in [7, 11) is 0. The molecule has 0 aromatic heterocycles. The van der Waals surface area contributed by atoms with E-state index >= 15 is 0 Å². The van der Waals surface area contributed by atoms with Crippen molar-refractivity contribution in [1.29, 1.82) is 0 Å². The Morgan fingerprint density at radius 3 is 2.68 bits per heavy atom. The number of urea groups is 1. The maximum Gasteiger partial charge on any atom is 0.324 e. The summed E-state index contributed by atoms with van der Waals surface area (Å²) in [6.45, 7) is 8.06. The number of rotatable bonds is 4. The third-order valence-corrected chi connectivity index (χ3v) is 4.87. The maximum absolute atomic E-state index is 12.5. The van der Waals surface area contributed by atoms with Gasteiger partial charge in [0.15, 0.2) is 0 Å². The van der Waals surface area contributed by atoms with Crippen LogP contribution in [0.2, 0.25) is 0 Å². The number of nitrogens with one attached hydrogen (secondary N) is 1. The van der Waals surface area contributed by atoms with Crippen molar-refractivity contribution in [3.8, 4) is 0 Å². The van der Waals surface area contributed by atoms with Crippen LogP contribution >= 0.6 is 0 Å². The summed E-state index contributed by atoms with van der Waals surface area (Å²) >= 11 is 0. The molecule has 4 heteroatoms. The molecule has 2 amide bonds. The fourth-order valence-electron chi connectivity index (χ4n) is 3.54. The van der Waals surface area contributed by atoms with Gasteiger partial charge in [0.25, 0.3) is 0 Å². The first kappa shape index (κ1) is 15.3. The molecule has 2 heterocycles. The maximum atomic E-state index is 12.5. The third-order valence-electron chi connectivity index (χ3n) is 4.87. The van der Waals surface area contributed by atoms with Crippen molar-refractivity contribution in [2.24, 2.45) is 5.92 Å². The lowest BCUT2D eigenvalue weighted by Crippen LogP contribution is -2.36. The zero-order chi connectivity index (χ0) is 15.5. The van der Waals surface area contributed by atoms with Crippen molar-refractivity contribution in [3.63, 3.8) is 0 Å². The molecule has 0 unspecified atom stereocenters. The second-order valence-electron chi connectivity index (χ2n) is 6.79. The SMILES string of the molecule is CC(C)N1CCN(c2cccc(CC3CCNCC3)c2)C1=O. The van der Waals surface area contributed by atoms with Crippen LogP contribution in [0.15, 0.2) is 24.3 Å². The molecular weight excluding hydrogens is 274 g/mol. The average Bonchev–Trinajstić information content (AvgIpc) is 2.90. The highest BCUT2D eigenvalue weighted by molar-refractivity contribution is 5.94. The molecule has 0 atom stereocenters. The Hall–Kier alpha value is -1.55. The average molecular weight is 301 g/mol. The number of amides is 2. The zero-order valence-electron chi connectivity index (χ0n) is 13.7. The summed E-state index contributed by atoms with van der Waals surface area (Å²) in [4.78, 5) is 16.4. The van der Waals surface area contributed by atoms with Gasteiger partial charge < -0.3 is 10.2 Å². The molecule has 0 radical (unpaired) electrons. The van der Waals surface area contributed by atoms with Crippen LogP contribution in [0.5, 0.6) is 0 Å². The highest BCUT2D eigenvalue weighted by atomic mass is 16.2. The summed E-state index contributed by atoms with van der Waals surface area (Å²) < 4.78 is 0. The Morgan fingerprint density at radius 1 is 1.23 bits per heavy atom. The zero-order valence-corrected chi connectivity index (χ0v) is 13.7. The third kappa shape index (κ3) is 3.27. The predicted molar refractivity (Wildman–Crippen MR) is 90.3 cm³/mol. The van der Waals surface area contributed by atoms with E-state index in [2.05, 4.69) is 43.4 Å². The molecule has 2 aliphatic rings. The van der Waals surface area contributed by atoms with Gasteiger partial charge in [-0.3, -0.25) is 4.90 Å². The molecule has 22 heavy (non-hydrogen) atoms. The van der Waals surface area contributed by atoms with Gasteiger partial charge in [0.1, 0.15) is 0 Å². The first-order valence-corrected chi connectivity index (χ1v) is 8.53. The minimum Gasteiger partial charge on any atom is -0.320 e. The van der Waals surface area contributed by atoms with Crippen LogP contribution in [0.3, 0.4) is 0 Å². The van der Waals surface area contributed by atoms with Gasteiger partial charge in [-0.25, -0.2) is 4.79 Å². The molecule has 120 valence electrons. The van der Waals surface area contributed by atoms with Crippen molar-refractivity contribution in [2.75, 3.05) is 31.1 Å². The molecule has 2 saturated heterocycles. The number of hydrogen-bond donors (Lipinski definition) is 1. The number of carbonyl (C=O) groups is 1. The van der Waals surface area contributed by atoms with E-state index in [1.165, 1.54) is 18.4 Å². The highest BCUT2D eigenvalue weighted by Gasteiger charge is 2.31. The molecule has 0 aliphatic carbocycles. The topological polar surface area (TPSA) is 35.6 Å². The quantitative estimate of drug-likeness (QED) is 0.928. The van der Waals surface area contributed by atoms with Gasteiger partial charge in [-0.2, -0.15) is 0 Å². The largest absolute Gasteiger partial charge is 0.324 e. The summed E-state index contributed by atoms with van der Waals surface area (Å²) in [5, 5.41) is 3.42. The fourth-order valence-corrected chi connectivity index (χ4v) is 3.54. The van der Waals surface area contributed by atoms with E-state index in [0.717, 1.165) is 44.2 Å². The first-order valence-electron chi connectivity index (χ1n) is 8.53. The Morgan fingerprint density at radius 2 is 2.00 bits per heavy atom. The number of piperidine rings is 1. The molecule has 2 aliphatic heterocycles. The fraction of sp³-hybridized carbons (Fsp3) is 0.611. The second-order valence-corrected chi connectivity index (χ2v) is 6.79. The van der Waals surface area contributed by atoms with Gasteiger partial charge in [-0.1, -0.05) is 12.1 Å². The number of nitrogens with zero attached hydrogens (tertiary/aromatic N) is 2. The molecule has 1 aromatic carbocycles. The molecule has 0 spiro atoms. The van der Waals surface area contributed by atoms with Gasteiger partial charge in [-0.05, 0) is 69.8 Å². The Balaban J connectivity index is 1.70. The van der Waals surface area contributed by atoms with Crippen LogP contribution in [0, 0.1) is 5.92 Å². The van der Waals surface area contributed by atoms with Gasteiger partial charge >= 0.3 is 6.03 Å². The normalized spacial score (nSPS) is 20.2. The summed E-state index contributed by atoms with van der Waals surface area (Å²) in [5.74, 6) is 0.776. The second kappa shape index (κ2) is 6.69. The molecule has 4 nitrogen and oxygen atoms in total. The first-order chi connectivity index (χ1) is 10.6. The van der Waals surface area contributed by atoms with Gasteiger partial charge in [0.2, 0.25) is 0 Å². The molecule has 2 fully saturated rings. The van der Waals surface area contributed by atoms with E-state index in [1.807, 2.05) is 9.80 Å². The number of carbonyl (C=O) groups excluding carboxylic acids is 1. The standard InChI is InChI=1S/C18H27N3O/c1-14(2)20-10-11-21(18(20)22)17-5-3-4-16(13-17)12-15-6-8-19-9-7-15/h3-5,13-15,19H,6-12H2,1-2H3. The molecular formula is C18H27N3O. The van der Waals surface area contributed by atoms with E-state index in [0.29, 0.717) is 0 Å². The smallest absolute Gasteiger partial charge is 0.320 e. The predicted octanol–water partition coefficient (Wildman–Crippen LogP) is 2.88. The number of anilines is 1. The van der Waals surface area contributed by atoms with Crippen molar-refractivity contribution in [2.45, 2.75) is 39.2 Å². The lowest BCUT2D eigenvalue weighted by atomic mass is 9.91. The van der Waals surface area contributed by atoms with E-state index in [9.17, 15) is 4.79 Å². The molecule has 0 saturated carbocycles. The van der Waals surface area contributed by atoms with Gasteiger partial charge in [0.05, 0.1) is 0 Å². The number of benzene rings is 1. The van der Waals surface area contributed by atoms with Crippen molar-refractivity contribution < 1.29 is 4.79 Å². The summed E-state index contributed by atoms with van der Waals surface area (Å²) in [6, 6.07) is 8.99. The van der Waals surface area contributed by atoms with Crippen LogP contribution in [-0.4, -0.2) is 43.2 Å². The van der Waals surface area contributed by atoms with E-state index in [-0.39, 0.29) is 12.1 Å².